The van der Waals surface area contributed by atoms with Crippen molar-refractivity contribution in [1.29, 1.82) is 0 Å². The van der Waals surface area contributed by atoms with Crippen molar-refractivity contribution >= 4 is 33.3 Å². The van der Waals surface area contributed by atoms with Gasteiger partial charge >= 0.3 is 5.97 Å². The highest BCUT2D eigenvalue weighted by Gasteiger charge is 2.53. The Morgan fingerprint density at radius 2 is 1.62 bits per heavy atom. The Kier molecular flexibility index (Phi) is 7.03. The van der Waals surface area contributed by atoms with Crippen molar-refractivity contribution in [2.24, 2.45) is 5.41 Å². The van der Waals surface area contributed by atoms with Crippen molar-refractivity contribution in [3.8, 4) is 0 Å². The van der Waals surface area contributed by atoms with Gasteiger partial charge in [-0.2, -0.15) is 4.31 Å². The molecule has 178 valence electrons. The third kappa shape index (κ3) is 4.92. The van der Waals surface area contributed by atoms with Crippen molar-refractivity contribution < 1.29 is 27.4 Å². The second-order valence-corrected chi connectivity index (χ2v) is 11.1. The topological polar surface area (TPSA) is 85.4 Å². The van der Waals surface area contributed by atoms with E-state index in [1.165, 1.54) is 4.31 Å². The summed E-state index contributed by atoms with van der Waals surface area (Å²) in [6.07, 6.45) is 1.73. The van der Waals surface area contributed by atoms with Crippen LogP contribution < -0.4 is 4.90 Å². The summed E-state index contributed by atoms with van der Waals surface area (Å²) in [5.41, 5.74) is -0.0495. The molecule has 0 unspecified atom stereocenters. The minimum absolute atomic E-state index is 0.221. The Bertz CT molecular complexity index is 899. The van der Waals surface area contributed by atoms with E-state index in [4.69, 9.17) is 25.8 Å². The zero-order valence-electron chi connectivity index (χ0n) is 18.4. The quantitative estimate of drug-likeness (QED) is 0.571. The van der Waals surface area contributed by atoms with Crippen LogP contribution in [0.15, 0.2) is 24.3 Å². The summed E-state index contributed by atoms with van der Waals surface area (Å²) in [6, 6.07) is 7.54. The fraction of sp³-hybridized carbons (Fsp3) is 0.682. The molecule has 0 radical (unpaired) electrons. The minimum Gasteiger partial charge on any atom is -0.466 e. The SMILES string of the molecule is CCOC(=O)C1(CS(=O)(=O)N2CCN(c3ccc(Cl)cc3)CC2)CCC2(CC1)OCCO2. The Morgan fingerprint density at radius 1 is 1.03 bits per heavy atom. The molecule has 1 aliphatic carbocycles. The van der Waals surface area contributed by atoms with Crippen LogP contribution in [0.4, 0.5) is 5.69 Å². The average molecular weight is 487 g/mol. The largest absolute Gasteiger partial charge is 0.466 e. The maximum atomic E-state index is 13.4. The smallest absolute Gasteiger partial charge is 0.313 e. The molecule has 32 heavy (non-hydrogen) atoms. The van der Waals surface area contributed by atoms with Crippen molar-refractivity contribution in [2.45, 2.75) is 38.4 Å². The molecule has 1 aromatic carbocycles. The first-order valence-electron chi connectivity index (χ1n) is 11.2. The normalized spacial score (nSPS) is 23.4. The lowest BCUT2D eigenvalue weighted by Gasteiger charge is -2.43. The summed E-state index contributed by atoms with van der Waals surface area (Å²) in [5.74, 6) is -1.35. The van der Waals surface area contributed by atoms with Gasteiger partial charge in [0.25, 0.3) is 0 Å². The number of esters is 1. The number of hydrogen-bond acceptors (Lipinski definition) is 7. The highest BCUT2D eigenvalue weighted by molar-refractivity contribution is 7.89. The van der Waals surface area contributed by atoms with E-state index >= 15 is 0 Å². The number of rotatable bonds is 6. The number of carbonyl (C=O) groups is 1. The Morgan fingerprint density at radius 3 is 2.19 bits per heavy atom. The molecule has 2 heterocycles. The lowest BCUT2D eigenvalue weighted by molar-refractivity contribution is -0.197. The summed E-state index contributed by atoms with van der Waals surface area (Å²) in [6.45, 7) is 4.93. The van der Waals surface area contributed by atoms with Gasteiger partial charge in [-0.3, -0.25) is 4.79 Å². The summed E-state index contributed by atoms with van der Waals surface area (Å²) in [4.78, 5) is 15.1. The first-order valence-corrected chi connectivity index (χ1v) is 13.2. The summed E-state index contributed by atoms with van der Waals surface area (Å²) < 4.78 is 45.2. The number of halogens is 1. The number of piperazine rings is 1. The van der Waals surface area contributed by atoms with Crippen LogP contribution >= 0.6 is 11.6 Å². The number of ether oxygens (including phenoxy) is 3. The molecule has 1 aromatic rings. The van der Waals surface area contributed by atoms with Gasteiger partial charge in [0.2, 0.25) is 10.0 Å². The predicted octanol–water partition coefficient (Wildman–Crippen LogP) is 2.66. The van der Waals surface area contributed by atoms with Crippen LogP contribution in [0.1, 0.15) is 32.6 Å². The van der Waals surface area contributed by atoms with Crippen molar-refractivity contribution in [1.82, 2.24) is 4.31 Å². The van der Waals surface area contributed by atoms with E-state index in [9.17, 15) is 13.2 Å². The van der Waals surface area contributed by atoms with Gasteiger partial charge in [-0.1, -0.05) is 11.6 Å². The second-order valence-electron chi connectivity index (χ2n) is 8.73. The lowest BCUT2D eigenvalue weighted by atomic mass is 9.73. The van der Waals surface area contributed by atoms with E-state index in [1.54, 1.807) is 6.92 Å². The molecule has 2 aliphatic heterocycles. The molecule has 0 aromatic heterocycles. The first kappa shape index (κ1) is 23.8. The van der Waals surface area contributed by atoms with Crippen molar-refractivity contribution in [3.05, 3.63) is 29.3 Å². The molecule has 8 nitrogen and oxygen atoms in total. The number of carbonyl (C=O) groups excluding carboxylic acids is 1. The fourth-order valence-corrected chi connectivity index (χ4v) is 7.04. The Balaban J connectivity index is 1.43. The first-order chi connectivity index (χ1) is 15.3. The number of benzene rings is 1. The van der Waals surface area contributed by atoms with Gasteiger partial charge in [-0.05, 0) is 44.0 Å². The third-order valence-corrected chi connectivity index (χ3v) is 9.09. The molecule has 1 spiro atoms. The molecule has 0 atom stereocenters. The van der Waals surface area contributed by atoms with Crippen LogP contribution in [0.3, 0.4) is 0 Å². The Labute approximate surface area is 194 Å². The molecule has 3 aliphatic rings. The maximum absolute atomic E-state index is 13.4. The van der Waals surface area contributed by atoms with Crippen LogP contribution in [-0.2, 0) is 29.0 Å². The summed E-state index contributed by atoms with van der Waals surface area (Å²) in [5, 5.41) is 0.668. The minimum atomic E-state index is -3.65. The van der Waals surface area contributed by atoms with Crippen LogP contribution in [-0.4, -0.2) is 76.2 Å². The zero-order valence-corrected chi connectivity index (χ0v) is 20.0. The molecule has 0 N–H and O–H groups in total. The predicted molar refractivity (Wildman–Crippen MR) is 121 cm³/mol. The second kappa shape index (κ2) is 9.46. The highest BCUT2D eigenvalue weighted by atomic mass is 35.5. The molecule has 0 amide bonds. The molecular weight excluding hydrogens is 456 g/mol. The molecule has 0 bridgehead atoms. The number of hydrogen-bond donors (Lipinski definition) is 0. The molecule has 2 saturated heterocycles. The zero-order chi connectivity index (χ0) is 22.8. The van der Waals surface area contributed by atoms with Gasteiger partial charge in [-0.25, -0.2) is 8.42 Å². The van der Waals surface area contributed by atoms with Gasteiger partial charge in [0.15, 0.2) is 5.79 Å². The van der Waals surface area contributed by atoms with E-state index in [0.717, 1.165) is 5.69 Å². The highest BCUT2D eigenvalue weighted by Crippen LogP contribution is 2.46. The van der Waals surface area contributed by atoms with Gasteiger partial charge in [0.05, 0.1) is 31.0 Å². The average Bonchev–Trinajstić information content (AvgIpc) is 3.25. The third-order valence-electron chi connectivity index (χ3n) is 6.77. The lowest BCUT2D eigenvalue weighted by Crippen LogP contribution is -2.53. The van der Waals surface area contributed by atoms with Crippen molar-refractivity contribution in [3.63, 3.8) is 0 Å². The number of nitrogens with zero attached hydrogens (tertiary/aromatic N) is 2. The van der Waals surface area contributed by atoms with E-state index in [0.29, 0.717) is 70.1 Å². The van der Waals surface area contributed by atoms with Gasteiger partial charge in [-0.15, -0.1) is 0 Å². The molecule has 4 rings (SSSR count). The standard InChI is InChI=1S/C22H31ClN2O6S/c1-2-29-20(26)21(7-9-22(10-8-21)30-15-16-31-22)17-32(27,28)25-13-11-24(12-14-25)19-5-3-18(23)4-6-19/h3-6H,2,7-17H2,1H3. The molecule has 3 fully saturated rings. The van der Waals surface area contributed by atoms with Crippen molar-refractivity contribution in [2.75, 3.05) is 56.7 Å². The summed E-state index contributed by atoms with van der Waals surface area (Å²) >= 11 is 5.97. The summed E-state index contributed by atoms with van der Waals surface area (Å²) in [7, 11) is -3.65. The Hall–Kier alpha value is -1.39. The maximum Gasteiger partial charge on any atom is 0.313 e. The molecular formula is C22H31ClN2O6S. The van der Waals surface area contributed by atoms with Crippen LogP contribution in [0.25, 0.3) is 0 Å². The number of anilines is 1. The van der Waals surface area contributed by atoms with E-state index in [2.05, 4.69) is 4.90 Å². The molecule has 1 saturated carbocycles. The van der Waals surface area contributed by atoms with Crippen LogP contribution in [0.5, 0.6) is 0 Å². The van der Waals surface area contributed by atoms with E-state index in [1.807, 2.05) is 24.3 Å². The van der Waals surface area contributed by atoms with E-state index < -0.39 is 27.2 Å². The van der Waals surface area contributed by atoms with Gasteiger partial charge in [0, 0.05) is 49.7 Å². The van der Waals surface area contributed by atoms with Crippen LogP contribution in [0.2, 0.25) is 5.02 Å². The van der Waals surface area contributed by atoms with Crippen LogP contribution in [0, 0.1) is 5.41 Å². The van der Waals surface area contributed by atoms with Gasteiger partial charge < -0.3 is 19.1 Å². The van der Waals surface area contributed by atoms with E-state index in [-0.39, 0.29) is 12.4 Å². The molecule has 10 heteroatoms. The number of sulfonamides is 1. The fourth-order valence-electron chi connectivity index (χ4n) is 4.90. The van der Waals surface area contributed by atoms with Gasteiger partial charge in [0.1, 0.15) is 0 Å². The monoisotopic (exact) mass is 486 g/mol.